The van der Waals surface area contributed by atoms with Crippen LogP contribution in [0.3, 0.4) is 0 Å². The van der Waals surface area contributed by atoms with Crippen molar-refractivity contribution < 1.29 is 4.55 Å². The van der Waals surface area contributed by atoms with E-state index in [4.69, 9.17) is 0 Å². The monoisotopic (exact) mass is 265 g/mol. The molecular formula is C15H23NOS. The van der Waals surface area contributed by atoms with Crippen molar-refractivity contribution in [3.63, 3.8) is 0 Å². The first kappa shape index (κ1) is 13.9. The zero-order valence-corrected chi connectivity index (χ0v) is 12.0. The lowest BCUT2D eigenvalue weighted by atomic mass is 9.96. The van der Waals surface area contributed by atoms with Gasteiger partial charge in [0.25, 0.3) is 0 Å². The molecule has 0 amide bonds. The van der Waals surface area contributed by atoms with Gasteiger partial charge < -0.3 is 4.55 Å². The molecule has 1 N–H and O–H groups in total. The predicted molar refractivity (Wildman–Crippen MR) is 76.9 cm³/mol. The predicted octanol–water partition coefficient (Wildman–Crippen LogP) is 3.58. The summed E-state index contributed by atoms with van der Waals surface area (Å²) in [6.45, 7) is 2.18. The zero-order chi connectivity index (χ0) is 12.8. The highest BCUT2D eigenvalue weighted by Gasteiger charge is 2.20. The van der Waals surface area contributed by atoms with Crippen molar-refractivity contribution in [2.45, 2.75) is 62.8 Å². The molecule has 2 rings (SSSR count). The van der Waals surface area contributed by atoms with Crippen molar-refractivity contribution in [3.05, 3.63) is 29.8 Å². The molecule has 18 heavy (non-hydrogen) atoms. The van der Waals surface area contributed by atoms with Crippen LogP contribution in [0.4, 0.5) is 0 Å². The Balaban J connectivity index is 1.89. The molecule has 1 atom stereocenters. The van der Waals surface area contributed by atoms with Crippen molar-refractivity contribution in [1.82, 2.24) is 4.72 Å². The lowest BCUT2D eigenvalue weighted by molar-refractivity contribution is 0.412. The minimum Gasteiger partial charge on any atom is -0.593 e. The Labute approximate surface area is 113 Å². The summed E-state index contributed by atoms with van der Waals surface area (Å²) in [6, 6.07) is 8.63. The summed E-state index contributed by atoms with van der Waals surface area (Å²) in [5.74, 6) is 0. The van der Waals surface area contributed by atoms with Gasteiger partial charge in [-0.1, -0.05) is 44.7 Å². The normalized spacial score (nSPS) is 18.8. The molecule has 0 bridgehead atoms. The van der Waals surface area contributed by atoms with Gasteiger partial charge in [-0.25, -0.2) is 0 Å². The van der Waals surface area contributed by atoms with E-state index < -0.39 is 11.4 Å². The second kappa shape index (κ2) is 7.17. The minimum absolute atomic E-state index is 0.440. The first-order valence-electron chi connectivity index (χ1n) is 7.06. The molecule has 1 aromatic carbocycles. The molecule has 1 aliphatic carbocycles. The third-order valence-corrected chi connectivity index (χ3v) is 4.80. The Morgan fingerprint density at radius 2 is 1.83 bits per heavy atom. The molecule has 1 unspecified atom stereocenters. The number of hydrogen-bond donors (Lipinski definition) is 1. The van der Waals surface area contributed by atoms with Crippen LogP contribution in [0.2, 0.25) is 0 Å². The summed E-state index contributed by atoms with van der Waals surface area (Å²) in [5.41, 5.74) is 1.33. The number of nitrogens with one attached hydrogen (secondary N) is 1. The van der Waals surface area contributed by atoms with E-state index in [1.807, 2.05) is 12.1 Å². The van der Waals surface area contributed by atoms with E-state index in [0.717, 1.165) is 17.7 Å². The fraction of sp³-hybridized carbons (Fsp3) is 0.600. The molecular weight excluding hydrogens is 242 g/mol. The molecule has 1 saturated carbocycles. The van der Waals surface area contributed by atoms with Crippen molar-refractivity contribution in [1.29, 1.82) is 0 Å². The van der Waals surface area contributed by atoms with E-state index in [2.05, 4.69) is 23.8 Å². The number of hydrogen-bond acceptors (Lipinski definition) is 2. The van der Waals surface area contributed by atoms with E-state index in [1.165, 1.54) is 37.7 Å². The average molecular weight is 265 g/mol. The minimum atomic E-state index is -1.04. The van der Waals surface area contributed by atoms with Gasteiger partial charge >= 0.3 is 0 Å². The summed E-state index contributed by atoms with van der Waals surface area (Å²) in [6.07, 6.45) is 8.45. The van der Waals surface area contributed by atoms with Gasteiger partial charge in [0.2, 0.25) is 0 Å². The summed E-state index contributed by atoms with van der Waals surface area (Å²) in [4.78, 5) is 0.903. The highest BCUT2D eigenvalue weighted by atomic mass is 32.2. The number of aryl methyl sites for hydroxylation is 1. The van der Waals surface area contributed by atoms with E-state index in [9.17, 15) is 4.55 Å². The van der Waals surface area contributed by atoms with Gasteiger partial charge in [-0.2, -0.15) is 0 Å². The maximum absolute atomic E-state index is 12.2. The molecule has 0 saturated heterocycles. The first-order chi connectivity index (χ1) is 8.79. The van der Waals surface area contributed by atoms with E-state index >= 15 is 0 Å². The fourth-order valence-electron chi connectivity index (χ4n) is 2.51. The maximum Gasteiger partial charge on any atom is 0.173 e. The van der Waals surface area contributed by atoms with Crippen LogP contribution in [-0.4, -0.2) is 10.6 Å². The lowest BCUT2D eigenvalue weighted by Crippen LogP contribution is -2.36. The Morgan fingerprint density at radius 3 is 2.44 bits per heavy atom. The molecule has 1 fully saturated rings. The molecule has 0 aliphatic heterocycles. The smallest absolute Gasteiger partial charge is 0.173 e. The third kappa shape index (κ3) is 4.01. The number of benzene rings is 1. The van der Waals surface area contributed by atoms with Gasteiger partial charge in [0.15, 0.2) is 4.90 Å². The molecule has 0 heterocycles. The molecule has 0 aromatic heterocycles. The summed E-state index contributed by atoms with van der Waals surface area (Å²) in [7, 11) is 0. The average Bonchev–Trinajstić information content (AvgIpc) is 2.41. The number of rotatable bonds is 5. The lowest BCUT2D eigenvalue weighted by Gasteiger charge is -2.23. The highest BCUT2D eigenvalue weighted by molar-refractivity contribution is 7.89. The second-order valence-electron chi connectivity index (χ2n) is 5.12. The Morgan fingerprint density at radius 1 is 1.17 bits per heavy atom. The van der Waals surface area contributed by atoms with Crippen molar-refractivity contribution >= 4 is 11.4 Å². The SMILES string of the molecule is CCCc1ccc([S+]([O-])NC2CCCCC2)cc1. The van der Waals surface area contributed by atoms with Gasteiger partial charge in [0.05, 0.1) is 17.4 Å². The van der Waals surface area contributed by atoms with Crippen molar-refractivity contribution in [3.8, 4) is 0 Å². The van der Waals surface area contributed by atoms with Crippen molar-refractivity contribution in [2.24, 2.45) is 0 Å². The van der Waals surface area contributed by atoms with Crippen LogP contribution >= 0.6 is 0 Å². The molecule has 0 spiro atoms. The Bertz CT molecular complexity index is 346. The summed E-state index contributed by atoms with van der Waals surface area (Å²) < 4.78 is 15.4. The molecule has 1 aliphatic rings. The van der Waals surface area contributed by atoms with Crippen LogP contribution in [0.1, 0.15) is 51.0 Å². The highest BCUT2D eigenvalue weighted by Crippen LogP contribution is 2.20. The van der Waals surface area contributed by atoms with Crippen LogP contribution in [0.5, 0.6) is 0 Å². The second-order valence-corrected chi connectivity index (χ2v) is 6.36. The van der Waals surface area contributed by atoms with E-state index in [1.54, 1.807) is 0 Å². The topological polar surface area (TPSA) is 35.1 Å². The van der Waals surface area contributed by atoms with E-state index in [0.29, 0.717) is 6.04 Å². The summed E-state index contributed by atoms with van der Waals surface area (Å²) >= 11 is -1.04. The quantitative estimate of drug-likeness (QED) is 0.826. The zero-order valence-electron chi connectivity index (χ0n) is 11.2. The van der Waals surface area contributed by atoms with Gasteiger partial charge in [0.1, 0.15) is 0 Å². The molecule has 2 nitrogen and oxygen atoms in total. The first-order valence-corrected chi connectivity index (χ1v) is 8.21. The Hall–Kier alpha value is -0.510. The molecule has 0 radical (unpaired) electrons. The molecule has 100 valence electrons. The van der Waals surface area contributed by atoms with Crippen LogP contribution in [0.15, 0.2) is 29.2 Å². The molecule has 1 aromatic rings. The van der Waals surface area contributed by atoms with Crippen LogP contribution < -0.4 is 4.72 Å². The van der Waals surface area contributed by atoms with Crippen LogP contribution in [0, 0.1) is 0 Å². The third-order valence-electron chi connectivity index (χ3n) is 3.55. The Kier molecular flexibility index (Phi) is 5.54. The van der Waals surface area contributed by atoms with Gasteiger partial charge in [-0.3, -0.25) is 0 Å². The van der Waals surface area contributed by atoms with Gasteiger partial charge in [-0.15, -0.1) is 4.72 Å². The van der Waals surface area contributed by atoms with Crippen LogP contribution in [0.25, 0.3) is 0 Å². The van der Waals surface area contributed by atoms with Gasteiger partial charge in [-0.05, 0) is 37.0 Å². The van der Waals surface area contributed by atoms with Gasteiger partial charge in [0, 0.05) is 0 Å². The van der Waals surface area contributed by atoms with E-state index in [-0.39, 0.29) is 0 Å². The largest absolute Gasteiger partial charge is 0.593 e. The fourth-order valence-corrected chi connectivity index (χ4v) is 3.57. The molecule has 3 heteroatoms. The van der Waals surface area contributed by atoms with Crippen LogP contribution in [-0.2, 0) is 17.8 Å². The maximum atomic E-state index is 12.2. The van der Waals surface area contributed by atoms with Crippen molar-refractivity contribution in [2.75, 3.05) is 0 Å². The standard InChI is InChI=1S/C15H23NOS/c1-2-6-13-9-11-15(12-10-13)18(17)16-14-7-4-3-5-8-14/h9-12,14,16H,2-8H2,1H3. The summed E-state index contributed by atoms with van der Waals surface area (Å²) in [5, 5.41) is 0.